The molecule has 0 aromatic carbocycles. The lowest BCUT2D eigenvalue weighted by atomic mass is 10.1. The molecule has 1 aliphatic heterocycles. The Morgan fingerprint density at radius 3 is 2.71 bits per heavy atom. The summed E-state index contributed by atoms with van der Waals surface area (Å²) in [6.07, 6.45) is 5.55. The summed E-state index contributed by atoms with van der Waals surface area (Å²) in [6.45, 7) is 2.73. The summed E-state index contributed by atoms with van der Waals surface area (Å²) in [6, 6.07) is 0.497. The van der Waals surface area contributed by atoms with Crippen LogP contribution in [0.4, 0.5) is 0 Å². The van der Waals surface area contributed by atoms with E-state index in [0.717, 1.165) is 39.0 Å². The number of carbonyl (C=O) groups is 1. The fourth-order valence-corrected chi connectivity index (χ4v) is 2.38. The SMILES string of the molecule is O=C(CCCCO)N(CC1CCOC1)C1CC1. The zero-order valence-corrected chi connectivity index (χ0v) is 10.4. The van der Waals surface area contributed by atoms with Gasteiger partial charge in [0.1, 0.15) is 0 Å². The van der Waals surface area contributed by atoms with E-state index < -0.39 is 0 Å². The maximum atomic E-state index is 12.1. The second-order valence-corrected chi connectivity index (χ2v) is 5.19. The second-order valence-electron chi connectivity index (χ2n) is 5.19. The average molecular weight is 241 g/mol. The van der Waals surface area contributed by atoms with E-state index >= 15 is 0 Å². The van der Waals surface area contributed by atoms with Crippen molar-refractivity contribution in [2.45, 2.75) is 44.6 Å². The Bertz CT molecular complexity index is 247. The molecule has 0 aromatic rings. The van der Waals surface area contributed by atoms with E-state index in [2.05, 4.69) is 4.90 Å². The largest absolute Gasteiger partial charge is 0.396 e. The Hall–Kier alpha value is -0.610. The number of hydrogen-bond donors (Lipinski definition) is 1. The van der Waals surface area contributed by atoms with Crippen LogP contribution in [-0.2, 0) is 9.53 Å². The Labute approximate surface area is 103 Å². The lowest BCUT2D eigenvalue weighted by molar-refractivity contribution is -0.132. The Morgan fingerprint density at radius 1 is 1.29 bits per heavy atom. The van der Waals surface area contributed by atoms with Crippen molar-refractivity contribution in [1.82, 2.24) is 4.90 Å². The predicted molar refractivity (Wildman–Crippen MR) is 64.6 cm³/mol. The monoisotopic (exact) mass is 241 g/mol. The van der Waals surface area contributed by atoms with Crippen LogP contribution in [0.1, 0.15) is 38.5 Å². The van der Waals surface area contributed by atoms with Gasteiger partial charge in [0.25, 0.3) is 0 Å². The van der Waals surface area contributed by atoms with E-state index in [4.69, 9.17) is 9.84 Å². The van der Waals surface area contributed by atoms with Crippen LogP contribution < -0.4 is 0 Å². The van der Waals surface area contributed by atoms with Crippen molar-refractivity contribution < 1.29 is 14.6 Å². The molecular weight excluding hydrogens is 218 g/mol. The minimum atomic E-state index is 0.188. The summed E-state index contributed by atoms with van der Waals surface area (Å²) < 4.78 is 5.37. The second kappa shape index (κ2) is 6.36. The molecule has 98 valence electrons. The highest BCUT2D eigenvalue weighted by Gasteiger charge is 2.34. The molecule has 4 heteroatoms. The predicted octanol–water partition coefficient (Wildman–Crippen LogP) is 1.18. The third-order valence-corrected chi connectivity index (χ3v) is 3.59. The van der Waals surface area contributed by atoms with Crippen molar-refractivity contribution in [2.75, 3.05) is 26.4 Å². The molecule has 1 heterocycles. The Balaban J connectivity index is 1.76. The van der Waals surface area contributed by atoms with Gasteiger partial charge < -0.3 is 14.7 Å². The van der Waals surface area contributed by atoms with Gasteiger partial charge in [0.05, 0.1) is 6.61 Å². The summed E-state index contributed by atoms with van der Waals surface area (Å²) in [5.74, 6) is 0.810. The number of ether oxygens (including phenoxy) is 1. The van der Waals surface area contributed by atoms with Crippen LogP contribution in [0.25, 0.3) is 0 Å². The maximum absolute atomic E-state index is 12.1. The number of aliphatic hydroxyl groups is 1. The van der Waals surface area contributed by atoms with Crippen LogP contribution in [-0.4, -0.2) is 48.3 Å². The van der Waals surface area contributed by atoms with Gasteiger partial charge in [-0.1, -0.05) is 0 Å². The fraction of sp³-hybridized carbons (Fsp3) is 0.923. The first-order valence-electron chi connectivity index (χ1n) is 6.79. The number of nitrogens with zero attached hydrogens (tertiary/aromatic N) is 1. The summed E-state index contributed by atoms with van der Waals surface area (Å²) >= 11 is 0. The van der Waals surface area contributed by atoms with Crippen LogP contribution in [0.3, 0.4) is 0 Å². The van der Waals surface area contributed by atoms with Crippen LogP contribution in [0, 0.1) is 5.92 Å². The van der Waals surface area contributed by atoms with Gasteiger partial charge >= 0.3 is 0 Å². The minimum absolute atomic E-state index is 0.188. The summed E-state index contributed by atoms with van der Waals surface area (Å²) in [4.78, 5) is 14.2. The summed E-state index contributed by atoms with van der Waals surface area (Å²) in [5.41, 5.74) is 0. The molecule has 2 fully saturated rings. The quantitative estimate of drug-likeness (QED) is 0.681. The summed E-state index contributed by atoms with van der Waals surface area (Å²) in [7, 11) is 0. The van der Waals surface area contributed by atoms with E-state index in [-0.39, 0.29) is 12.5 Å². The van der Waals surface area contributed by atoms with Gasteiger partial charge in [-0.3, -0.25) is 4.79 Å². The molecule has 1 N–H and O–H groups in total. The highest BCUT2D eigenvalue weighted by atomic mass is 16.5. The molecule has 2 rings (SSSR count). The molecule has 2 aliphatic rings. The van der Waals surface area contributed by atoms with Gasteiger partial charge in [0, 0.05) is 38.1 Å². The molecule has 1 saturated carbocycles. The van der Waals surface area contributed by atoms with Crippen molar-refractivity contribution in [3.63, 3.8) is 0 Å². The van der Waals surface area contributed by atoms with E-state index in [1.807, 2.05) is 0 Å². The zero-order valence-electron chi connectivity index (χ0n) is 10.4. The normalized spacial score (nSPS) is 23.9. The number of carbonyl (C=O) groups excluding carboxylic acids is 1. The number of hydrogen-bond acceptors (Lipinski definition) is 3. The van der Waals surface area contributed by atoms with Gasteiger partial charge in [-0.15, -0.1) is 0 Å². The van der Waals surface area contributed by atoms with E-state index in [0.29, 0.717) is 18.4 Å². The van der Waals surface area contributed by atoms with Crippen molar-refractivity contribution >= 4 is 5.91 Å². The van der Waals surface area contributed by atoms with Crippen LogP contribution >= 0.6 is 0 Å². The summed E-state index contributed by atoms with van der Waals surface area (Å²) in [5, 5.41) is 8.73. The molecular formula is C13H23NO3. The molecule has 0 spiro atoms. The number of aliphatic hydroxyl groups excluding tert-OH is 1. The molecule has 1 amide bonds. The zero-order chi connectivity index (χ0) is 12.1. The minimum Gasteiger partial charge on any atom is -0.396 e. The first-order valence-corrected chi connectivity index (χ1v) is 6.79. The van der Waals surface area contributed by atoms with Crippen LogP contribution in [0.5, 0.6) is 0 Å². The van der Waals surface area contributed by atoms with Crippen LogP contribution in [0.2, 0.25) is 0 Å². The van der Waals surface area contributed by atoms with E-state index in [1.165, 1.54) is 12.8 Å². The van der Waals surface area contributed by atoms with Gasteiger partial charge in [-0.05, 0) is 32.1 Å². The molecule has 0 aromatic heterocycles. The topological polar surface area (TPSA) is 49.8 Å². The Morgan fingerprint density at radius 2 is 2.12 bits per heavy atom. The van der Waals surface area contributed by atoms with Gasteiger partial charge in [-0.2, -0.15) is 0 Å². The van der Waals surface area contributed by atoms with Crippen molar-refractivity contribution in [1.29, 1.82) is 0 Å². The van der Waals surface area contributed by atoms with Crippen LogP contribution in [0.15, 0.2) is 0 Å². The molecule has 1 saturated heterocycles. The van der Waals surface area contributed by atoms with Gasteiger partial charge in [0.2, 0.25) is 5.91 Å². The molecule has 1 unspecified atom stereocenters. The molecule has 1 aliphatic carbocycles. The molecule has 4 nitrogen and oxygen atoms in total. The number of rotatable bonds is 7. The first kappa shape index (κ1) is 12.8. The molecule has 0 radical (unpaired) electrons. The van der Waals surface area contributed by atoms with Gasteiger partial charge in [-0.25, -0.2) is 0 Å². The average Bonchev–Trinajstić information content (AvgIpc) is 3.03. The number of amides is 1. The van der Waals surface area contributed by atoms with E-state index in [1.54, 1.807) is 0 Å². The number of unbranched alkanes of at least 4 members (excludes halogenated alkanes) is 1. The first-order chi connectivity index (χ1) is 8.31. The molecule has 17 heavy (non-hydrogen) atoms. The standard InChI is InChI=1S/C13H23NO3/c15-7-2-1-3-13(16)14(12-4-5-12)9-11-6-8-17-10-11/h11-12,15H,1-10H2. The Kier molecular flexibility index (Phi) is 4.80. The molecule has 0 bridgehead atoms. The third kappa shape index (κ3) is 3.96. The van der Waals surface area contributed by atoms with Crippen molar-refractivity contribution in [2.24, 2.45) is 5.92 Å². The van der Waals surface area contributed by atoms with E-state index in [9.17, 15) is 4.79 Å². The molecule has 1 atom stereocenters. The maximum Gasteiger partial charge on any atom is 0.222 e. The van der Waals surface area contributed by atoms with Gasteiger partial charge in [0.15, 0.2) is 0 Å². The fourth-order valence-electron chi connectivity index (χ4n) is 2.38. The van der Waals surface area contributed by atoms with Crippen molar-refractivity contribution in [3.8, 4) is 0 Å². The smallest absolute Gasteiger partial charge is 0.222 e. The highest BCUT2D eigenvalue weighted by Crippen LogP contribution is 2.29. The lowest BCUT2D eigenvalue weighted by Gasteiger charge is -2.25. The van der Waals surface area contributed by atoms with Crippen molar-refractivity contribution in [3.05, 3.63) is 0 Å². The third-order valence-electron chi connectivity index (χ3n) is 3.59. The lowest BCUT2D eigenvalue weighted by Crippen LogP contribution is -2.37. The highest BCUT2D eigenvalue weighted by molar-refractivity contribution is 5.76.